The number of H-pyrrole nitrogens is 1. The van der Waals surface area contributed by atoms with Crippen LogP contribution in [0.4, 0.5) is 0 Å². The van der Waals surface area contributed by atoms with E-state index in [9.17, 15) is 0 Å². The highest BCUT2D eigenvalue weighted by atomic mass is 15.0. The summed E-state index contributed by atoms with van der Waals surface area (Å²) in [6, 6.07) is 17.6. The van der Waals surface area contributed by atoms with E-state index in [1.807, 2.05) is 6.33 Å². The van der Waals surface area contributed by atoms with Crippen LogP contribution in [-0.2, 0) is 12.8 Å². The summed E-state index contributed by atoms with van der Waals surface area (Å²) in [7, 11) is 0. The number of nitrogens with one attached hydrogen (secondary N) is 2. The number of hydrogen-bond acceptors (Lipinski definition) is 2. The Labute approximate surface area is 136 Å². The fraction of sp³-hybridized carbons (Fsp3) is 0.250. The zero-order valence-corrected chi connectivity index (χ0v) is 13.3. The van der Waals surface area contributed by atoms with E-state index in [0.717, 1.165) is 25.1 Å². The van der Waals surface area contributed by atoms with Crippen molar-refractivity contribution in [2.24, 2.45) is 0 Å². The number of benzene rings is 2. The molecule has 0 spiro atoms. The Kier molecular flexibility index (Phi) is 3.72. The topological polar surface area (TPSA) is 40.7 Å². The number of aromatic nitrogens is 2. The van der Waals surface area contributed by atoms with Crippen molar-refractivity contribution in [3.63, 3.8) is 0 Å². The zero-order chi connectivity index (χ0) is 15.6. The Bertz CT molecular complexity index is 805. The molecule has 1 aliphatic heterocycles. The van der Waals surface area contributed by atoms with Gasteiger partial charge in [0.15, 0.2) is 0 Å². The maximum atomic E-state index is 4.53. The number of rotatable bonds is 3. The molecule has 2 N–H and O–H groups in total. The van der Waals surface area contributed by atoms with E-state index in [1.165, 1.54) is 27.9 Å². The van der Waals surface area contributed by atoms with Gasteiger partial charge in [0, 0.05) is 18.7 Å². The molecule has 0 bridgehead atoms. The molecule has 3 aromatic rings. The van der Waals surface area contributed by atoms with Crippen molar-refractivity contribution in [1.82, 2.24) is 15.3 Å². The van der Waals surface area contributed by atoms with Gasteiger partial charge in [-0.15, -0.1) is 0 Å². The molecule has 1 unspecified atom stereocenters. The molecule has 4 rings (SSSR count). The van der Waals surface area contributed by atoms with Gasteiger partial charge in [-0.2, -0.15) is 0 Å². The fourth-order valence-electron chi connectivity index (χ4n) is 3.48. The van der Waals surface area contributed by atoms with Gasteiger partial charge in [0.2, 0.25) is 0 Å². The van der Waals surface area contributed by atoms with Crippen molar-refractivity contribution in [3.05, 3.63) is 88.5 Å². The van der Waals surface area contributed by atoms with E-state index in [2.05, 4.69) is 70.7 Å². The molecule has 3 heteroatoms. The molecule has 1 atom stereocenters. The Morgan fingerprint density at radius 2 is 1.96 bits per heavy atom. The Balaban J connectivity index is 1.62. The Hall–Kier alpha value is -2.39. The first kappa shape index (κ1) is 14.2. The average molecular weight is 303 g/mol. The van der Waals surface area contributed by atoms with Gasteiger partial charge < -0.3 is 10.3 Å². The number of hydrogen-bond donors (Lipinski definition) is 2. The van der Waals surface area contributed by atoms with Crippen molar-refractivity contribution in [2.45, 2.75) is 25.8 Å². The maximum absolute atomic E-state index is 4.53. The summed E-state index contributed by atoms with van der Waals surface area (Å²) in [5, 5.41) is 3.61. The summed E-state index contributed by atoms with van der Waals surface area (Å²) in [4.78, 5) is 7.80. The number of aryl methyl sites for hydroxylation is 1. The third kappa shape index (κ3) is 2.80. The summed E-state index contributed by atoms with van der Waals surface area (Å²) < 4.78 is 0. The molecule has 0 radical (unpaired) electrons. The van der Waals surface area contributed by atoms with Crippen LogP contribution in [0.5, 0.6) is 0 Å². The molecular weight excluding hydrogens is 282 g/mol. The van der Waals surface area contributed by atoms with Gasteiger partial charge in [0.1, 0.15) is 0 Å². The summed E-state index contributed by atoms with van der Waals surface area (Å²) in [6.07, 6.45) is 3.81. The lowest BCUT2D eigenvalue weighted by Gasteiger charge is -2.25. The molecule has 0 amide bonds. The molecule has 0 saturated heterocycles. The Morgan fingerprint density at radius 3 is 2.78 bits per heavy atom. The molecule has 0 fully saturated rings. The van der Waals surface area contributed by atoms with Crippen LogP contribution in [0.15, 0.2) is 54.9 Å². The molecule has 0 aliphatic carbocycles. The fourth-order valence-corrected chi connectivity index (χ4v) is 3.48. The summed E-state index contributed by atoms with van der Waals surface area (Å²) in [6.45, 7) is 3.19. The van der Waals surface area contributed by atoms with Crippen LogP contribution in [-0.4, -0.2) is 16.5 Å². The van der Waals surface area contributed by atoms with E-state index >= 15 is 0 Å². The molecule has 2 aromatic carbocycles. The molecule has 1 aromatic heterocycles. The zero-order valence-electron chi connectivity index (χ0n) is 13.3. The normalized spacial score (nSPS) is 17.0. The predicted molar refractivity (Wildman–Crippen MR) is 92.6 cm³/mol. The number of nitrogens with zero attached hydrogens (tertiary/aromatic N) is 1. The Morgan fingerprint density at radius 1 is 1.09 bits per heavy atom. The van der Waals surface area contributed by atoms with Gasteiger partial charge in [0.25, 0.3) is 0 Å². The van der Waals surface area contributed by atoms with Gasteiger partial charge in [-0.05, 0) is 35.6 Å². The number of aromatic amines is 1. The van der Waals surface area contributed by atoms with Gasteiger partial charge in [-0.25, -0.2) is 4.98 Å². The average Bonchev–Trinajstić information content (AvgIpc) is 3.05. The summed E-state index contributed by atoms with van der Waals surface area (Å²) in [5.41, 5.74) is 7.78. The maximum Gasteiger partial charge on any atom is 0.0926 e. The summed E-state index contributed by atoms with van der Waals surface area (Å²) >= 11 is 0. The van der Waals surface area contributed by atoms with Crippen LogP contribution < -0.4 is 5.32 Å². The second-order valence-corrected chi connectivity index (χ2v) is 6.26. The van der Waals surface area contributed by atoms with Crippen molar-refractivity contribution in [1.29, 1.82) is 0 Å². The lowest BCUT2D eigenvalue weighted by Crippen LogP contribution is -2.31. The van der Waals surface area contributed by atoms with Crippen LogP contribution in [0, 0.1) is 6.92 Å². The van der Waals surface area contributed by atoms with Crippen LogP contribution in [0.3, 0.4) is 0 Å². The highest BCUT2D eigenvalue weighted by molar-refractivity contribution is 5.40. The second-order valence-electron chi connectivity index (χ2n) is 6.26. The van der Waals surface area contributed by atoms with E-state index < -0.39 is 0 Å². The SMILES string of the molecule is Cc1cc(Cc2ccccc2)ccc1C1NCCc2[nH]cnc21. The van der Waals surface area contributed by atoms with Crippen LogP contribution in [0.2, 0.25) is 0 Å². The molecular formula is C20H21N3. The molecule has 2 heterocycles. The molecule has 116 valence electrons. The second kappa shape index (κ2) is 6.01. The first-order valence-electron chi connectivity index (χ1n) is 8.20. The van der Waals surface area contributed by atoms with Crippen molar-refractivity contribution >= 4 is 0 Å². The van der Waals surface area contributed by atoms with E-state index in [0.29, 0.717) is 0 Å². The molecule has 0 saturated carbocycles. The smallest absolute Gasteiger partial charge is 0.0926 e. The third-order valence-electron chi connectivity index (χ3n) is 4.64. The third-order valence-corrected chi connectivity index (χ3v) is 4.64. The van der Waals surface area contributed by atoms with E-state index in [1.54, 1.807) is 0 Å². The van der Waals surface area contributed by atoms with E-state index in [-0.39, 0.29) is 6.04 Å². The highest BCUT2D eigenvalue weighted by Gasteiger charge is 2.24. The van der Waals surface area contributed by atoms with Gasteiger partial charge >= 0.3 is 0 Å². The van der Waals surface area contributed by atoms with Gasteiger partial charge in [-0.1, -0.05) is 48.5 Å². The standard InChI is InChI=1S/C20H21N3/c1-14-11-16(12-15-5-3-2-4-6-15)7-8-17(14)19-20-18(9-10-21-19)22-13-23-20/h2-8,11,13,19,21H,9-10,12H2,1H3,(H,22,23). The first-order chi connectivity index (χ1) is 11.3. The highest BCUT2D eigenvalue weighted by Crippen LogP contribution is 2.29. The first-order valence-corrected chi connectivity index (χ1v) is 8.20. The number of imidazole rings is 1. The monoisotopic (exact) mass is 303 g/mol. The van der Waals surface area contributed by atoms with Crippen molar-refractivity contribution in [3.8, 4) is 0 Å². The minimum Gasteiger partial charge on any atom is -0.348 e. The van der Waals surface area contributed by atoms with Crippen molar-refractivity contribution in [2.75, 3.05) is 6.54 Å². The van der Waals surface area contributed by atoms with Crippen LogP contribution in [0.25, 0.3) is 0 Å². The van der Waals surface area contributed by atoms with Crippen LogP contribution >= 0.6 is 0 Å². The minimum atomic E-state index is 0.204. The molecule has 3 nitrogen and oxygen atoms in total. The largest absolute Gasteiger partial charge is 0.348 e. The van der Waals surface area contributed by atoms with Crippen LogP contribution in [0.1, 0.15) is 39.7 Å². The quantitative estimate of drug-likeness (QED) is 0.777. The lowest BCUT2D eigenvalue weighted by molar-refractivity contribution is 0.551. The number of fused-ring (bicyclic) bond motifs is 1. The van der Waals surface area contributed by atoms with Crippen molar-refractivity contribution < 1.29 is 0 Å². The van der Waals surface area contributed by atoms with Gasteiger partial charge in [0.05, 0.1) is 18.1 Å². The minimum absolute atomic E-state index is 0.204. The molecule has 23 heavy (non-hydrogen) atoms. The summed E-state index contributed by atoms with van der Waals surface area (Å²) in [5.74, 6) is 0. The predicted octanol–water partition coefficient (Wildman–Crippen LogP) is 3.54. The van der Waals surface area contributed by atoms with E-state index in [4.69, 9.17) is 0 Å². The van der Waals surface area contributed by atoms with Gasteiger partial charge in [-0.3, -0.25) is 0 Å². The molecule has 1 aliphatic rings. The lowest BCUT2D eigenvalue weighted by atomic mass is 9.92.